The summed E-state index contributed by atoms with van der Waals surface area (Å²) < 4.78 is 27.5. The summed E-state index contributed by atoms with van der Waals surface area (Å²) in [5.74, 6) is 1.11. The van der Waals surface area contributed by atoms with Crippen molar-refractivity contribution >= 4 is 143 Å². The Bertz CT molecular complexity index is 7200. The lowest BCUT2D eigenvalue weighted by atomic mass is 9.91. The molecule has 21 aromatic rings. The zero-order valence-corrected chi connectivity index (χ0v) is 55.4. The van der Waals surface area contributed by atoms with Gasteiger partial charge in [0.15, 0.2) is 0 Å². The number of nitrogens with zero attached hydrogens (tertiary/aromatic N) is 5. The van der Waals surface area contributed by atoms with Crippen LogP contribution in [-0.2, 0) is 0 Å². The number of anilines is 2. The van der Waals surface area contributed by atoms with E-state index in [9.17, 15) is 0 Å². The summed E-state index contributed by atoms with van der Waals surface area (Å²) in [6.45, 7) is 0. The first-order chi connectivity index (χ1) is 51.0. The summed E-state index contributed by atoms with van der Waals surface area (Å²) >= 11 is 0. The molecule has 8 heteroatoms. The zero-order chi connectivity index (χ0) is 67.1. The average molecular weight is 1320 g/mol. The number of hydrogen-bond acceptors (Lipinski definition) is 5. The molecule has 0 saturated carbocycles. The number of aromatic nitrogens is 4. The summed E-state index contributed by atoms with van der Waals surface area (Å²) in [5, 5.41) is 13.5. The molecule has 7 aromatic heterocycles. The molecule has 8 heterocycles. The zero-order valence-electron chi connectivity index (χ0n) is 55.4. The van der Waals surface area contributed by atoms with Gasteiger partial charge in [-0.05, 0) is 191 Å². The van der Waals surface area contributed by atoms with Gasteiger partial charge in [-0.3, -0.25) is 4.57 Å². The van der Waals surface area contributed by atoms with Gasteiger partial charge in [0.05, 0.1) is 44.8 Å². The maximum atomic E-state index is 7.23. The summed E-state index contributed by atoms with van der Waals surface area (Å²) in [6, 6.07) is 112. The molecule has 14 aromatic carbocycles. The third-order valence-electron chi connectivity index (χ3n) is 22.1. The fraction of sp³-hybridized carbons (Fsp3) is 0.0211. The quantitative estimate of drug-likeness (QED) is 0.152. The molecule has 1 aliphatic heterocycles. The molecule has 2 unspecified atom stereocenters. The second kappa shape index (κ2) is 21.4. The lowest BCUT2D eigenvalue weighted by molar-refractivity contribution is 0.668. The maximum absolute atomic E-state index is 7.23. The van der Waals surface area contributed by atoms with Crippen LogP contribution in [0.5, 0.6) is 0 Å². The minimum absolute atomic E-state index is 0.197. The molecule has 0 radical (unpaired) electrons. The van der Waals surface area contributed by atoms with E-state index in [1.54, 1.807) is 0 Å². The van der Waals surface area contributed by atoms with Gasteiger partial charge in [-0.2, -0.15) is 0 Å². The molecule has 2 atom stereocenters. The van der Waals surface area contributed by atoms with Crippen molar-refractivity contribution in [2.45, 2.75) is 12.0 Å². The molecule has 0 N–H and O–H groups in total. The topological polar surface area (TPSA) is 70.3 Å². The number of rotatable bonds is 8. The van der Waals surface area contributed by atoms with E-state index >= 15 is 0 Å². The average Bonchev–Trinajstić information content (AvgIpc) is 1.60. The highest BCUT2D eigenvalue weighted by atomic mass is 16.3. The molecule has 0 spiro atoms. The van der Waals surface area contributed by atoms with Crippen molar-refractivity contribution in [2.75, 3.05) is 4.90 Å². The van der Waals surface area contributed by atoms with Crippen molar-refractivity contribution in [3.63, 3.8) is 0 Å². The van der Waals surface area contributed by atoms with Gasteiger partial charge >= 0.3 is 0 Å². The van der Waals surface area contributed by atoms with Crippen molar-refractivity contribution in [3.8, 4) is 61.8 Å². The fourth-order valence-electron chi connectivity index (χ4n) is 17.5. The molecule has 0 fully saturated rings. The van der Waals surface area contributed by atoms with Crippen LogP contribution in [0, 0.1) is 0 Å². The number of benzene rings is 14. The van der Waals surface area contributed by atoms with Gasteiger partial charge in [0.1, 0.15) is 39.3 Å². The van der Waals surface area contributed by atoms with Crippen molar-refractivity contribution in [2.24, 2.45) is 0 Å². The van der Waals surface area contributed by atoms with Crippen molar-refractivity contribution in [1.82, 2.24) is 18.7 Å². The number of hydrogen-bond donors (Lipinski definition) is 0. The summed E-state index contributed by atoms with van der Waals surface area (Å²) in [7, 11) is 0. The molecule has 0 amide bonds. The summed E-state index contributed by atoms with van der Waals surface area (Å²) in [5.41, 5.74) is 25.9. The Balaban J connectivity index is 0.671. The van der Waals surface area contributed by atoms with Crippen LogP contribution in [-0.4, -0.2) is 24.7 Å². The Morgan fingerprint density at radius 2 is 0.728 bits per heavy atom. The van der Waals surface area contributed by atoms with E-state index < -0.39 is 0 Å². The molecule has 23 rings (SSSR count). The number of fused-ring (bicyclic) bond motifs is 21. The monoisotopic (exact) mass is 1320 g/mol. The van der Waals surface area contributed by atoms with Gasteiger partial charge in [0.2, 0.25) is 0 Å². The maximum Gasteiger partial charge on any atom is 0.143 e. The van der Waals surface area contributed by atoms with Gasteiger partial charge in [0.25, 0.3) is 0 Å². The minimum atomic E-state index is 0.197. The minimum Gasteiger partial charge on any atom is -0.456 e. The molecular weight excluding hydrogens is 1260 g/mol. The van der Waals surface area contributed by atoms with Gasteiger partial charge in [-0.15, -0.1) is 0 Å². The SMILES string of the molecule is C1=CC2c3ccccc3N(c3ccc4oc5ccc(-c6cccc(-c7cc(-c8ccc9c%10ccccc%10n(-c%10cccc(-c%11ccc%12oc%13ccc(-n%14c%15ccccc%15c%15ccccc%15%14)cc%13c%12c%11)n%10)c9c8)c8oc9ccc(-n%10c%11ccccc%11c%11ccccc%11%10)cc9c8c7)c6)cc5c4c3)C2C=C1. The van der Waals surface area contributed by atoms with Crippen molar-refractivity contribution in [1.29, 1.82) is 0 Å². The molecule has 1 aliphatic carbocycles. The summed E-state index contributed by atoms with van der Waals surface area (Å²) in [6.07, 6.45) is 9.03. The fourth-order valence-corrected chi connectivity index (χ4v) is 17.5. The van der Waals surface area contributed by atoms with E-state index in [-0.39, 0.29) is 6.04 Å². The highest BCUT2D eigenvalue weighted by Crippen LogP contribution is 2.50. The Kier molecular flexibility index (Phi) is 11.7. The Morgan fingerprint density at radius 3 is 1.37 bits per heavy atom. The molecule has 0 bridgehead atoms. The highest BCUT2D eigenvalue weighted by molar-refractivity contribution is 6.17. The number of pyridine rings is 1. The smallest absolute Gasteiger partial charge is 0.143 e. The molecule has 0 saturated heterocycles. The molecule has 480 valence electrons. The van der Waals surface area contributed by atoms with Gasteiger partial charge in [-0.25, -0.2) is 4.98 Å². The van der Waals surface area contributed by atoms with Crippen molar-refractivity contribution < 1.29 is 13.3 Å². The van der Waals surface area contributed by atoms with E-state index in [0.717, 1.165) is 166 Å². The van der Waals surface area contributed by atoms with Gasteiger partial charge < -0.3 is 27.3 Å². The van der Waals surface area contributed by atoms with Crippen LogP contribution in [0.1, 0.15) is 11.5 Å². The standard InChI is InChI=1S/C95H57N5O3/c1-8-27-81-65(19-1)66-20-2-9-28-82(66)97(81)62-38-44-91-76(53-62)74-48-58(36-42-89(74)101-91)56-17-15-18-57(47-56)61-50-73(95-79(51-61)78-55-64(40-46-93(78)103-95)99-85-31-12-5-23-69(85)70-24-6-13-32-86(70)99)59-35-41-72-71-25-7-14-33-87(71)100(88(72)52-59)94-34-16-26-80(96-94)60-37-43-90-75(49-60)77-54-63(39-45-92(77)102-90)98-83-29-10-3-21-67(83)68-22-4-11-30-84(68)98/h1-55,65,81H. The molecule has 2 aliphatic rings. The second-order valence-corrected chi connectivity index (χ2v) is 27.7. The summed E-state index contributed by atoms with van der Waals surface area (Å²) in [4.78, 5) is 8.08. The van der Waals surface area contributed by atoms with Crippen LogP contribution < -0.4 is 4.90 Å². The van der Waals surface area contributed by atoms with Crippen molar-refractivity contribution in [3.05, 3.63) is 339 Å². The number of allylic oxidation sites excluding steroid dienone is 2. The first-order valence-electron chi connectivity index (χ1n) is 35.3. The van der Waals surface area contributed by atoms with E-state index in [1.807, 2.05) is 0 Å². The van der Waals surface area contributed by atoms with Gasteiger partial charge in [0, 0.05) is 104 Å². The van der Waals surface area contributed by atoms with Gasteiger partial charge in [-0.1, -0.05) is 176 Å². The van der Waals surface area contributed by atoms with E-state index in [1.165, 1.54) is 43.8 Å². The normalized spacial score (nSPS) is 14.5. The van der Waals surface area contributed by atoms with Crippen LogP contribution in [0.15, 0.2) is 347 Å². The first kappa shape index (κ1) is 56.2. The van der Waals surface area contributed by atoms with E-state index in [2.05, 4.69) is 352 Å². The van der Waals surface area contributed by atoms with Crippen LogP contribution in [0.25, 0.3) is 193 Å². The Labute approximate surface area is 588 Å². The molecule has 8 nitrogen and oxygen atoms in total. The third kappa shape index (κ3) is 8.31. The Hall–Kier alpha value is -13.7. The second-order valence-electron chi connectivity index (χ2n) is 27.7. The third-order valence-corrected chi connectivity index (χ3v) is 22.1. The van der Waals surface area contributed by atoms with Crippen LogP contribution in [0.4, 0.5) is 11.4 Å². The lowest BCUT2D eigenvalue weighted by Gasteiger charge is -2.28. The van der Waals surface area contributed by atoms with E-state index in [0.29, 0.717) is 5.92 Å². The highest BCUT2D eigenvalue weighted by Gasteiger charge is 2.37. The number of furan rings is 3. The van der Waals surface area contributed by atoms with Crippen LogP contribution >= 0.6 is 0 Å². The molecular formula is C95H57N5O3. The van der Waals surface area contributed by atoms with Crippen LogP contribution in [0.3, 0.4) is 0 Å². The largest absolute Gasteiger partial charge is 0.456 e. The molecule has 103 heavy (non-hydrogen) atoms. The van der Waals surface area contributed by atoms with E-state index in [4.69, 9.17) is 18.2 Å². The Morgan fingerprint density at radius 1 is 0.272 bits per heavy atom. The van der Waals surface area contributed by atoms with Crippen LogP contribution in [0.2, 0.25) is 0 Å². The predicted octanol–water partition coefficient (Wildman–Crippen LogP) is 25.5. The lowest BCUT2D eigenvalue weighted by Crippen LogP contribution is -2.28. The predicted molar refractivity (Wildman–Crippen MR) is 424 cm³/mol. The first-order valence-corrected chi connectivity index (χ1v) is 35.3. The number of para-hydroxylation sites is 6.